The highest BCUT2D eigenvalue weighted by Gasteiger charge is 2.44. The van der Waals surface area contributed by atoms with Gasteiger partial charge >= 0.3 is 0 Å². The molecule has 3 rings (SSSR count). The van der Waals surface area contributed by atoms with Crippen molar-refractivity contribution in [3.05, 3.63) is 64.7 Å². The lowest BCUT2D eigenvalue weighted by Gasteiger charge is -2.24. The van der Waals surface area contributed by atoms with Crippen molar-refractivity contribution in [3.8, 4) is 0 Å². The molecule has 11 nitrogen and oxygen atoms in total. The van der Waals surface area contributed by atoms with Gasteiger partial charge in [0.05, 0.1) is 22.7 Å². The Balaban J connectivity index is 1.94. The van der Waals surface area contributed by atoms with Gasteiger partial charge in [0.15, 0.2) is 5.71 Å². The minimum Gasteiger partial charge on any atom is -0.369 e. The average molecular weight is 644 g/mol. The molecule has 0 amide bonds. The van der Waals surface area contributed by atoms with Crippen LogP contribution < -0.4 is 4.90 Å². The topological polar surface area (TPSA) is 169 Å². The van der Waals surface area contributed by atoms with Crippen molar-refractivity contribution in [2.24, 2.45) is 0 Å². The second-order valence-corrected chi connectivity index (χ2v) is 15.8. The van der Waals surface area contributed by atoms with Crippen LogP contribution in [-0.4, -0.2) is 86.1 Å². The van der Waals surface area contributed by atoms with Gasteiger partial charge in [-0.1, -0.05) is 17.7 Å². The highest BCUT2D eigenvalue weighted by Crippen LogP contribution is 2.41. The molecule has 3 N–H and O–H groups in total. The number of nitrogens with zero attached hydrogens (tertiary/aromatic N) is 2. The Morgan fingerprint density at radius 1 is 0.786 bits per heavy atom. The normalized spacial score (nSPS) is 15.4. The highest BCUT2D eigenvalue weighted by molar-refractivity contribution is 7.86. The lowest BCUT2D eigenvalue weighted by Crippen LogP contribution is -2.33. The third-order valence-electron chi connectivity index (χ3n) is 7.36. The molecule has 14 heteroatoms. The van der Waals surface area contributed by atoms with E-state index in [-0.39, 0.29) is 24.3 Å². The second kappa shape index (κ2) is 12.9. The van der Waals surface area contributed by atoms with E-state index in [1.165, 1.54) is 4.90 Å². The molecule has 0 aromatic heterocycles. The molecular formula is C28H39N2O9S3+. The van der Waals surface area contributed by atoms with Crippen molar-refractivity contribution < 1.29 is 43.5 Å². The van der Waals surface area contributed by atoms with Gasteiger partial charge in [0, 0.05) is 42.9 Å². The molecule has 0 saturated heterocycles. The number of allylic oxidation sites excluding steroid dienone is 1. The van der Waals surface area contributed by atoms with Crippen molar-refractivity contribution in [1.82, 2.24) is 0 Å². The van der Waals surface area contributed by atoms with E-state index in [0.717, 1.165) is 33.7 Å². The van der Waals surface area contributed by atoms with Crippen LogP contribution in [0.25, 0.3) is 6.08 Å². The Morgan fingerprint density at radius 3 is 1.93 bits per heavy atom. The molecule has 0 unspecified atom stereocenters. The Hall–Kier alpha value is -2.62. The van der Waals surface area contributed by atoms with Crippen LogP contribution in [0.1, 0.15) is 48.9 Å². The summed E-state index contributed by atoms with van der Waals surface area (Å²) in [5, 5.41) is 0. The zero-order valence-electron chi connectivity index (χ0n) is 24.2. The van der Waals surface area contributed by atoms with E-state index >= 15 is 0 Å². The number of hydrogen-bond donors (Lipinski definition) is 3. The van der Waals surface area contributed by atoms with Crippen LogP contribution >= 0.6 is 0 Å². The Bertz CT molecular complexity index is 1670. The van der Waals surface area contributed by atoms with Gasteiger partial charge in [-0.3, -0.25) is 13.7 Å². The summed E-state index contributed by atoms with van der Waals surface area (Å²) in [4.78, 5) is 1.48. The molecule has 0 spiro atoms. The molecule has 0 fully saturated rings. The van der Waals surface area contributed by atoms with Gasteiger partial charge in [0.1, 0.15) is 6.54 Å². The maximum absolute atomic E-state index is 11.3. The zero-order valence-corrected chi connectivity index (χ0v) is 26.6. The fourth-order valence-electron chi connectivity index (χ4n) is 5.12. The van der Waals surface area contributed by atoms with Crippen molar-refractivity contribution in [2.45, 2.75) is 46.0 Å². The molecule has 2 aromatic rings. The van der Waals surface area contributed by atoms with Crippen LogP contribution in [0.4, 0.5) is 11.4 Å². The molecule has 1 aliphatic rings. The smallest absolute Gasteiger partial charge is 0.266 e. The standard InChI is InChI=1S/C28H38N2O9S3/c1-21-7-11-26-25(19-21)28(3,4)27(30(26)13-5-6-16-40(31,32)33)12-9-23-8-10-24(20-22(23)2)29(14-17-41(34,35)36)15-18-42(37,38)39/h7-12,19-20H,5-6,13-18H2,1-4H3,(H2-,31,32,33,34,35,36,37,38,39)/p+1. The summed E-state index contributed by atoms with van der Waals surface area (Å²) in [6.45, 7) is 8.37. The first kappa shape index (κ1) is 33.9. The summed E-state index contributed by atoms with van der Waals surface area (Å²) in [6.07, 6.45) is 4.85. The van der Waals surface area contributed by atoms with E-state index in [1.54, 1.807) is 12.1 Å². The maximum atomic E-state index is 11.3. The molecule has 0 atom stereocenters. The number of benzene rings is 2. The van der Waals surface area contributed by atoms with Gasteiger partial charge in [-0.05, 0) is 69.5 Å². The van der Waals surface area contributed by atoms with Gasteiger partial charge in [-0.25, -0.2) is 0 Å². The number of aryl methyl sites for hydroxylation is 2. The van der Waals surface area contributed by atoms with Crippen LogP contribution in [0.5, 0.6) is 0 Å². The fourth-order valence-corrected chi connectivity index (χ4v) is 6.59. The minimum absolute atomic E-state index is 0.167. The fraction of sp³-hybridized carbons (Fsp3) is 0.464. The summed E-state index contributed by atoms with van der Waals surface area (Å²) < 4.78 is 97.3. The Morgan fingerprint density at radius 2 is 1.38 bits per heavy atom. The van der Waals surface area contributed by atoms with Crippen LogP contribution in [0.3, 0.4) is 0 Å². The van der Waals surface area contributed by atoms with Gasteiger partial charge in [0.2, 0.25) is 5.69 Å². The van der Waals surface area contributed by atoms with Crippen molar-refractivity contribution in [3.63, 3.8) is 0 Å². The van der Waals surface area contributed by atoms with Crippen LogP contribution in [0, 0.1) is 13.8 Å². The van der Waals surface area contributed by atoms with E-state index in [4.69, 9.17) is 4.55 Å². The molecule has 1 aliphatic heterocycles. The molecule has 42 heavy (non-hydrogen) atoms. The highest BCUT2D eigenvalue weighted by atomic mass is 32.2. The lowest BCUT2D eigenvalue weighted by molar-refractivity contribution is -0.438. The van der Waals surface area contributed by atoms with E-state index in [9.17, 15) is 34.4 Å². The average Bonchev–Trinajstić information content (AvgIpc) is 3.04. The van der Waals surface area contributed by atoms with Gasteiger partial charge < -0.3 is 4.90 Å². The predicted octanol–water partition coefficient (Wildman–Crippen LogP) is 3.64. The van der Waals surface area contributed by atoms with Crippen molar-refractivity contribution in [1.29, 1.82) is 0 Å². The van der Waals surface area contributed by atoms with Crippen molar-refractivity contribution in [2.75, 3.05) is 41.8 Å². The zero-order chi connectivity index (χ0) is 31.5. The van der Waals surface area contributed by atoms with E-state index < -0.39 is 41.9 Å². The Labute approximate surface area is 248 Å². The Kier molecular flexibility index (Phi) is 10.4. The van der Waals surface area contributed by atoms with E-state index in [0.29, 0.717) is 25.1 Å². The second-order valence-electron chi connectivity index (χ2n) is 11.1. The summed E-state index contributed by atoms with van der Waals surface area (Å²) in [6, 6.07) is 11.6. The summed E-state index contributed by atoms with van der Waals surface area (Å²) in [5.41, 5.74) is 6.21. The summed E-state index contributed by atoms with van der Waals surface area (Å²) >= 11 is 0. The lowest BCUT2D eigenvalue weighted by atomic mass is 9.80. The third kappa shape index (κ3) is 9.44. The van der Waals surface area contributed by atoms with Crippen LogP contribution in [-0.2, 0) is 35.8 Å². The first-order valence-electron chi connectivity index (χ1n) is 13.4. The maximum Gasteiger partial charge on any atom is 0.266 e. The third-order valence-corrected chi connectivity index (χ3v) is 9.56. The predicted molar refractivity (Wildman–Crippen MR) is 165 cm³/mol. The largest absolute Gasteiger partial charge is 0.369 e. The number of anilines is 1. The molecule has 0 saturated carbocycles. The number of rotatable bonds is 14. The minimum atomic E-state index is -4.29. The van der Waals surface area contributed by atoms with Gasteiger partial charge in [0.25, 0.3) is 30.4 Å². The van der Waals surface area contributed by atoms with E-state index in [2.05, 4.69) is 30.6 Å². The van der Waals surface area contributed by atoms with Crippen LogP contribution in [0.2, 0.25) is 0 Å². The first-order chi connectivity index (χ1) is 19.3. The molecule has 1 heterocycles. The SMILES string of the molecule is Cc1ccc2c(c1)C(C)(C)C(/C=C/c1ccc(N(CCS(=O)(=O)O)CCS(=O)(=O)O)cc1C)=[N+]2CCCCS(=O)(=O)O. The van der Waals surface area contributed by atoms with Gasteiger partial charge in [-0.15, -0.1) is 0 Å². The summed E-state index contributed by atoms with van der Waals surface area (Å²) in [5.74, 6) is -1.51. The quantitative estimate of drug-likeness (QED) is 0.157. The summed E-state index contributed by atoms with van der Waals surface area (Å²) in [7, 11) is -12.6. The van der Waals surface area contributed by atoms with Gasteiger partial charge in [-0.2, -0.15) is 29.8 Å². The number of hydrogen-bond acceptors (Lipinski definition) is 7. The molecular weight excluding hydrogens is 605 g/mol. The molecule has 0 radical (unpaired) electrons. The van der Waals surface area contributed by atoms with E-state index in [1.807, 2.05) is 38.1 Å². The molecule has 232 valence electrons. The molecule has 2 aromatic carbocycles. The molecule has 0 aliphatic carbocycles. The molecule has 0 bridgehead atoms. The number of fused-ring (bicyclic) bond motifs is 1. The van der Waals surface area contributed by atoms with Crippen LogP contribution in [0.15, 0.2) is 42.5 Å². The first-order valence-corrected chi connectivity index (χ1v) is 18.2. The number of unbranched alkanes of at least 4 members (excludes halogenated alkanes) is 1. The van der Waals surface area contributed by atoms with Crippen molar-refractivity contribution >= 4 is 53.5 Å². The monoisotopic (exact) mass is 643 g/mol.